The van der Waals surface area contributed by atoms with E-state index < -0.39 is 0 Å². The molecule has 76 valence electrons. The zero-order valence-corrected chi connectivity index (χ0v) is 8.58. The van der Waals surface area contributed by atoms with Gasteiger partial charge in [0, 0.05) is 32.7 Å². The van der Waals surface area contributed by atoms with Crippen LogP contribution in [0.1, 0.15) is 26.2 Å². The van der Waals surface area contributed by atoms with Gasteiger partial charge in [-0.15, -0.1) is 0 Å². The van der Waals surface area contributed by atoms with E-state index in [0.29, 0.717) is 6.42 Å². The lowest BCUT2D eigenvalue weighted by molar-refractivity contribution is -0.117. The third-order valence-electron chi connectivity index (χ3n) is 2.40. The van der Waals surface area contributed by atoms with E-state index in [1.807, 2.05) is 0 Å². The fourth-order valence-corrected chi connectivity index (χ4v) is 1.43. The van der Waals surface area contributed by atoms with Crippen LogP contribution in [0.5, 0.6) is 0 Å². The number of ketones is 1. The summed E-state index contributed by atoms with van der Waals surface area (Å²) in [6.07, 6.45) is 3.27. The van der Waals surface area contributed by atoms with Crippen LogP contribution in [0.25, 0.3) is 0 Å². The van der Waals surface area contributed by atoms with Crippen LogP contribution in [-0.4, -0.2) is 43.5 Å². The van der Waals surface area contributed by atoms with Gasteiger partial charge in [-0.3, -0.25) is 9.69 Å². The minimum atomic E-state index is 0.281. The fraction of sp³-hybridized carbons (Fsp3) is 0.900. The molecule has 0 spiro atoms. The summed E-state index contributed by atoms with van der Waals surface area (Å²) < 4.78 is 5.03. The maximum Gasteiger partial charge on any atom is 0.131 e. The third kappa shape index (κ3) is 4.39. The molecule has 1 aliphatic carbocycles. The van der Waals surface area contributed by atoms with Crippen molar-refractivity contribution in [3.63, 3.8) is 0 Å². The number of ether oxygens (including phenoxy) is 1. The van der Waals surface area contributed by atoms with Gasteiger partial charge in [0.25, 0.3) is 0 Å². The van der Waals surface area contributed by atoms with Gasteiger partial charge in [-0.2, -0.15) is 0 Å². The Morgan fingerprint density at radius 1 is 1.46 bits per heavy atom. The molecule has 1 fully saturated rings. The van der Waals surface area contributed by atoms with Crippen molar-refractivity contribution in [3.8, 4) is 0 Å². The van der Waals surface area contributed by atoms with Gasteiger partial charge in [-0.25, -0.2) is 0 Å². The van der Waals surface area contributed by atoms with Crippen LogP contribution in [0.3, 0.4) is 0 Å². The first-order chi connectivity index (χ1) is 6.24. The highest BCUT2D eigenvalue weighted by atomic mass is 16.5. The van der Waals surface area contributed by atoms with Crippen LogP contribution in [0.2, 0.25) is 0 Å². The largest absolute Gasteiger partial charge is 0.383 e. The highest BCUT2D eigenvalue weighted by Gasteiger charge is 2.28. The Morgan fingerprint density at radius 2 is 2.15 bits per heavy atom. The molecule has 0 atom stereocenters. The van der Waals surface area contributed by atoms with Crippen molar-refractivity contribution in [2.45, 2.75) is 32.2 Å². The Kier molecular flexibility index (Phi) is 4.39. The quantitative estimate of drug-likeness (QED) is 0.594. The Balaban J connectivity index is 2.17. The van der Waals surface area contributed by atoms with Crippen molar-refractivity contribution in [3.05, 3.63) is 0 Å². The lowest BCUT2D eigenvalue weighted by Gasteiger charge is -2.20. The summed E-state index contributed by atoms with van der Waals surface area (Å²) in [5.41, 5.74) is 0. The van der Waals surface area contributed by atoms with Crippen molar-refractivity contribution in [1.82, 2.24) is 4.90 Å². The van der Waals surface area contributed by atoms with Gasteiger partial charge in [-0.1, -0.05) is 0 Å². The maximum absolute atomic E-state index is 10.8. The van der Waals surface area contributed by atoms with E-state index in [1.165, 1.54) is 12.8 Å². The molecule has 0 aromatic rings. The molecule has 0 aromatic heterocycles. The Bertz CT molecular complexity index is 166. The number of carbonyl (C=O) groups is 1. The smallest absolute Gasteiger partial charge is 0.131 e. The summed E-state index contributed by atoms with van der Waals surface area (Å²) in [5.74, 6) is 0.281. The molecule has 1 aliphatic rings. The van der Waals surface area contributed by atoms with E-state index in [-0.39, 0.29) is 5.78 Å². The summed E-state index contributed by atoms with van der Waals surface area (Å²) in [5, 5.41) is 0. The number of nitrogens with zero attached hydrogens (tertiary/aromatic N) is 1. The van der Waals surface area contributed by atoms with Gasteiger partial charge in [0.15, 0.2) is 0 Å². The average Bonchev–Trinajstić information content (AvgIpc) is 2.87. The molecule has 0 radical (unpaired) electrons. The van der Waals surface area contributed by atoms with Crippen molar-refractivity contribution in [2.24, 2.45) is 0 Å². The predicted octanol–water partition coefficient (Wildman–Crippen LogP) is 1.08. The standard InChI is InChI=1S/C10H19NO2/c1-9(12)5-6-11(7-8-13-2)10-3-4-10/h10H,3-8H2,1-2H3. The molecule has 0 aromatic carbocycles. The van der Waals surface area contributed by atoms with E-state index in [2.05, 4.69) is 4.90 Å². The summed E-state index contributed by atoms with van der Waals surface area (Å²) in [4.78, 5) is 13.2. The zero-order valence-electron chi connectivity index (χ0n) is 8.58. The van der Waals surface area contributed by atoms with Crippen LogP contribution in [-0.2, 0) is 9.53 Å². The topological polar surface area (TPSA) is 29.5 Å². The molecule has 0 amide bonds. The molecule has 0 bridgehead atoms. The molecule has 3 heteroatoms. The zero-order chi connectivity index (χ0) is 9.68. The van der Waals surface area contributed by atoms with Crippen molar-refractivity contribution >= 4 is 5.78 Å². The minimum Gasteiger partial charge on any atom is -0.383 e. The van der Waals surface area contributed by atoms with Crippen LogP contribution >= 0.6 is 0 Å². The molecule has 13 heavy (non-hydrogen) atoms. The molecule has 0 unspecified atom stereocenters. The highest BCUT2D eigenvalue weighted by molar-refractivity contribution is 5.75. The molecular weight excluding hydrogens is 166 g/mol. The monoisotopic (exact) mass is 185 g/mol. The number of Topliss-reactive ketones (excluding diaryl/α,β-unsaturated/α-hetero) is 1. The van der Waals surface area contributed by atoms with Crippen LogP contribution < -0.4 is 0 Å². The van der Waals surface area contributed by atoms with Crippen molar-refractivity contribution < 1.29 is 9.53 Å². The fourth-order valence-electron chi connectivity index (χ4n) is 1.43. The summed E-state index contributed by atoms with van der Waals surface area (Å²) in [6.45, 7) is 4.30. The summed E-state index contributed by atoms with van der Waals surface area (Å²) in [7, 11) is 1.72. The SMILES string of the molecule is COCCN(CCC(C)=O)C1CC1. The number of methoxy groups -OCH3 is 1. The lowest BCUT2D eigenvalue weighted by Crippen LogP contribution is -2.31. The average molecular weight is 185 g/mol. The summed E-state index contributed by atoms with van der Waals surface area (Å²) >= 11 is 0. The molecule has 0 N–H and O–H groups in total. The Morgan fingerprint density at radius 3 is 2.62 bits per heavy atom. The van der Waals surface area contributed by atoms with Gasteiger partial charge in [0.1, 0.15) is 5.78 Å². The van der Waals surface area contributed by atoms with Crippen LogP contribution in [0.15, 0.2) is 0 Å². The molecular formula is C10H19NO2. The first kappa shape index (κ1) is 10.7. The summed E-state index contributed by atoms with van der Waals surface area (Å²) in [6, 6.07) is 0.731. The minimum absolute atomic E-state index is 0.281. The lowest BCUT2D eigenvalue weighted by atomic mass is 10.3. The predicted molar refractivity (Wildman–Crippen MR) is 51.8 cm³/mol. The molecule has 1 rings (SSSR count). The first-order valence-electron chi connectivity index (χ1n) is 4.96. The van der Waals surface area contributed by atoms with Gasteiger partial charge >= 0.3 is 0 Å². The van der Waals surface area contributed by atoms with E-state index in [0.717, 1.165) is 25.7 Å². The number of carbonyl (C=O) groups excluding carboxylic acids is 1. The Hall–Kier alpha value is -0.410. The normalized spacial score (nSPS) is 16.5. The molecule has 0 heterocycles. The third-order valence-corrected chi connectivity index (χ3v) is 2.40. The number of rotatable bonds is 7. The molecule has 1 saturated carbocycles. The second kappa shape index (κ2) is 5.35. The second-order valence-electron chi connectivity index (χ2n) is 3.71. The van der Waals surface area contributed by atoms with Gasteiger partial charge in [0.2, 0.25) is 0 Å². The molecule has 3 nitrogen and oxygen atoms in total. The second-order valence-corrected chi connectivity index (χ2v) is 3.71. The molecule has 0 aliphatic heterocycles. The maximum atomic E-state index is 10.8. The first-order valence-corrected chi connectivity index (χ1v) is 4.96. The number of hydrogen-bond donors (Lipinski definition) is 0. The number of hydrogen-bond acceptors (Lipinski definition) is 3. The Labute approximate surface area is 80.1 Å². The van der Waals surface area contributed by atoms with Crippen LogP contribution in [0.4, 0.5) is 0 Å². The van der Waals surface area contributed by atoms with Crippen molar-refractivity contribution in [1.29, 1.82) is 0 Å². The van der Waals surface area contributed by atoms with E-state index in [1.54, 1.807) is 14.0 Å². The highest BCUT2D eigenvalue weighted by Crippen LogP contribution is 2.26. The van der Waals surface area contributed by atoms with Crippen molar-refractivity contribution in [2.75, 3.05) is 26.8 Å². The van der Waals surface area contributed by atoms with E-state index in [4.69, 9.17) is 4.74 Å². The van der Waals surface area contributed by atoms with Gasteiger partial charge in [-0.05, 0) is 19.8 Å². The van der Waals surface area contributed by atoms with E-state index >= 15 is 0 Å². The van der Waals surface area contributed by atoms with Gasteiger partial charge in [0.05, 0.1) is 6.61 Å². The van der Waals surface area contributed by atoms with Gasteiger partial charge < -0.3 is 4.74 Å². The molecule has 0 saturated heterocycles. The van der Waals surface area contributed by atoms with Crippen LogP contribution in [0, 0.1) is 0 Å². The van der Waals surface area contributed by atoms with E-state index in [9.17, 15) is 4.79 Å².